The van der Waals surface area contributed by atoms with Crippen LogP contribution in [-0.4, -0.2) is 11.3 Å². The maximum Gasteiger partial charge on any atom is 0.373 e. The molecule has 52 valence electrons. The summed E-state index contributed by atoms with van der Waals surface area (Å²) >= 11 is 0.611. The molecule has 0 saturated carbocycles. The van der Waals surface area contributed by atoms with Crippen LogP contribution in [0.4, 0.5) is 13.2 Å². The summed E-state index contributed by atoms with van der Waals surface area (Å²) in [6.45, 7) is 0. The molecule has 0 aromatic heterocycles. The zero-order valence-corrected chi connectivity index (χ0v) is 4.92. The molecule has 1 atom stereocenters. The molecular weight excluding hydrogens is 153 g/mol. The zero-order valence-electron chi connectivity index (χ0n) is 4.11. The number of rotatable bonds is 0. The van der Waals surface area contributed by atoms with E-state index in [4.69, 9.17) is 0 Å². The highest BCUT2D eigenvalue weighted by Crippen LogP contribution is 2.43. The molecule has 1 nitrogen and oxygen atoms in total. The molecule has 0 N–H and O–H groups in total. The Morgan fingerprint density at radius 3 is 2.11 bits per heavy atom. The molecule has 0 spiro atoms. The molecular formula is C4H2F3OS-. The molecule has 0 amide bonds. The molecule has 1 unspecified atom stereocenters. The molecule has 5 heteroatoms. The van der Waals surface area contributed by atoms with E-state index in [0.717, 1.165) is 5.75 Å². The highest BCUT2D eigenvalue weighted by molar-refractivity contribution is 8.17. The molecule has 9 heavy (non-hydrogen) atoms. The van der Waals surface area contributed by atoms with Crippen molar-refractivity contribution in [2.24, 2.45) is 5.92 Å². The van der Waals surface area contributed by atoms with Gasteiger partial charge in [0.15, 0.2) is 0 Å². The standard InChI is InChI=1S/C4H2F3OS/c5-4(6,7)2-1-9-3(2)8/h1-2H/q-1. The van der Waals surface area contributed by atoms with Crippen molar-refractivity contribution in [3.05, 3.63) is 5.75 Å². The summed E-state index contributed by atoms with van der Waals surface area (Å²) in [5, 5.41) is -0.803. The van der Waals surface area contributed by atoms with Crippen LogP contribution >= 0.6 is 11.8 Å². The van der Waals surface area contributed by atoms with Gasteiger partial charge in [0.2, 0.25) is 0 Å². The molecule has 0 aliphatic carbocycles. The normalized spacial score (nSPS) is 27.9. The van der Waals surface area contributed by atoms with Crippen molar-refractivity contribution in [2.45, 2.75) is 6.18 Å². The smallest absolute Gasteiger partial charge is 0.292 e. The van der Waals surface area contributed by atoms with Crippen LogP contribution in [0.2, 0.25) is 0 Å². The Balaban J connectivity index is 2.54. The first-order chi connectivity index (χ1) is 4.02. The van der Waals surface area contributed by atoms with Gasteiger partial charge in [-0.3, -0.25) is 16.6 Å². The zero-order chi connectivity index (χ0) is 7.07. The maximum absolute atomic E-state index is 11.5. The van der Waals surface area contributed by atoms with E-state index >= 15 is 0 Å². The van der Waals surface area contributed by atoms with E-state index in [9.17, 15) is 18.0 Å². The van der Waals surface area contributed by atoms with E-state index in [0.29, 0.717) is 11.8 Å². The van der Waals surface area contributed by atoms with Gasteiger partial charge in [0.1, 0.15) is 5.12 Å². The minimum absolute atomic E-state index is 0.611. The van der Waals surface area contributed by atoms with Gasteiger partial charge in [-0.1, -0.05) is 0 Å². The van der Waals surface area contributed by atoms with Crippen LogP contribution in [0.5, 0.6) is 0 Å². The second-order valence-corrected chi connectivity index (χ2v) is 2.50. The van der Waals surface area contributed by atoms with Crippen molar-refractivity contribution in [1.29, 1.82) is 0 Å². The number of carbonyl (C=O) groups excluding carboxylic acids is 1. The summed E-state index contributed by atoms with van der Waals surface area (Å²) in [7, 11) is 0. The summed E-state index contributed by atoms with van der Waals surface area (Å²) < 4.78 is 34.5. The third kappa shape index (κ3) is 1.20. The Morgan fingerprint density at radius 2 is 2.11 bits per heavy atom. The molecule has 0 aromatic carbocycles. The Kier molecular flexibility index (Phi) is 1.46. The van der Waals surface area contributed by atoms with E-state index in [1.807, 2.05) is 0 Å². The minimum atomic E-state index is -4.36. The summed E-state index contributed by atoms with van der Waals surface area (Å²) in [6, 6.07) is 0. The number of thioether (sulfide) groups is 1. The lowest BCUT2D eigenvalue weighted by molar-refractivity contribution is -0.169. The van der Waals surface area contributed by atoms with Crippen LogP contribution in [0, 0.1) is 11.7 Å². The first kappa shape index (κ1) is 6.92. The number of alkyl halides is 3. The topological polar surface area (TPSA) is 17.1 Å². The first-order valence-electron chi connectivity index (χ1n) is 2.12. The van der Waals surface area contributed by atoms with Crippen molar-refractivity contribution in [2.75, 3.05) is 0 Å². The summed E-state index contributed by atoms with van der Waals surface area (Å²) in [4.78, 5) is 10.1. The number of halogens is 3. The van der Waals surface area contributed by atoms with Gasteiger partial charge < -0.3 is 0 Å². The van der Waals surface area contributed by atoms with Crippen LogP contribution in [0.1, 0.15) is 0 Å². The second-order valence-electron chi connectivity index (χ2n) is 1.59. The molecule has 1 aliphatic rings. The lowest BCUT2D eigenvalue weighted by Gasteiger charge is -2.36. The molecule has 1 heterocycles. The summed E-state index contributed by atoms with van der Waals surface area (Å²) in [5.74, 6) is -0.912. The largest absolute Gasteiger partial charge is 0.373 e. The van der Waals surface area contributed by atoms with Gasteiger partial charge in [-0.15, -0.1) is 0 Å². The molecule has 0 bridgehead atoms. The van der Waals surface area contributed by atoms with E-state index in [1.165, 1.54) is 0 Å². The SMILES string of the molecule is O=C1S[CH-]C1C(F)(F)F. The van der Waals surface area contributed by atoms with Crippen LogP contribution in [0.15, 0.2) is 0 Å². The highest BCUT2D eigenvalue weighted by atomic mass is 32.2. The van der Waals surface area contributed by atoms with Gasteiger partial charge in [-0.2, -0.15) is 13.2 Å². The number of hydrogen-bond acceptors (Lipinski definition) is 2. The third-order valence-electron chi connectivity index (χ3n) is 0.927. The predicted molar refractivity (Wildman–Crippen MR) is 26.4 cm³/mol. The lowest BCUT2D eigenvalue weighted by Crippen LogP contribution is -2.35. The molecule has 1 saturated heterocycles. The van der Waals surface area contributed by atoms with Gasteiger partial charge >= 0.3 is 6.18 Å². The van der Waals surface area contributed by atoms with Crippen LogP contribution in [0.3, 0.4) is 0 Å². The Hall–Kier alpha value is -0.190. The average Bonchev–Trinajstić information content (AvgIpc) is 1.57. The van der Waals surface area contributed by atoms with E-state index in [2.05, 4.69) is 0 Å². The van der Waals surface area contributed by atoms with Gasteiger partial charge in [-0.05, 0) is 0 Å². The fourth-order valence-electron chi connectivity index (χ4n) is 0.402. The molecule has 0 radical (unpaired) electrons. The van der Waals surface area contributed by atoms with E-state index < -0.39 is 17.2 Å². The second kappa shape index (κ2) is 1.90. The van der Waals surface area contributed by atoms with Gasteiger partial charge in [-0.25, -0.2) is 5.75 Å². The Morgan fingerprint density at radius 1 is 1.56 bits per heavy atom. The lowest BCUT2D eigenvalue weighted by atomic mass is 10.2. The maximum atomic E-state index is 11.5. The summed E-state index contributed by atoms with van der Waals surface area (Å²) in [5.41, 5.74) is 0. The predicted octanol–water partition coefficient (Wildman–Crippen LogP) is 1.60. The van der Waals surface area contributed by atoms with E-state index in [-0.39, 0.29) is 0 Å². The molecule has 1 aliphatic heterocycles. The molecule has 0 aromatic rings. The van der Waals surface area contributed by atoms with E-state index in [1.54, 1.807) is 0 Å². The van der Waals surface area contributed by atoms with Crippen molar-refractivity contribution >= 4 is 16.9 Å². The first-order valence-corrected chi connectivity index (χ1v) is 3.00. The fraction of sp³-hybridized carbons (Fsp3) is 0.500. The van der Waals surface area contributed by atoms with Crippen molar-refractivity contribution in [3.8, 4) is 0 Å². The summed E-state index contributed by atoms with van der Waals surface area (Å²) in [6.07, 6.45) is -4.36. The quantitative estimate of drug-likeness (QED) is 0.494. The van der Waals surface area contributed by atoms with Crippen LogP contribution in [0.25, 0.3) is 0 Å². The fourth-order valence-corrected chi connectivity index (χ4v) is 1.07. The van der Waals surface area contributed by atoms with Gasteiger partial charge in [0.05, 0.1) is 0 Å². The Labute approximate surface area is 53.6 Å². The van der Waals surface area contributed by atoms with Gasteiger partial charge in [0.25, 0.3) is 0 Å². The minimum Gasteiger partial charge on any atom is -0.292 e. The highest BCUT2D eigenvalue weighted by Gasteiger charge is 2.41. The molecule has 1 fully saturated rings. The van der Waals surface area contributed by atoms with Crippen molar-refractivity contribution in [1.82, 2.24) is 0 Å². The number of hydrogen-bond donors (Lipinski definition) is 0. The Bertz CT molecular complexity index is 141. The average molecular weight is 155 g/mol. The van der Waals surface area contributed by atoms with Crippen molar-refractivity contribution < 1.29 is 18.0 Å². The third-order valence-corrected chi connectivity index (χ3v) is 1.82. The molecule has 1 rings (SSSR count). The van der Waals surface area contributed by atoms with Crippen molar-refractivity contribution in [3.63, 3.8) is 0 Å². The van der Waals surface area contributed by atoms with Crippen LogP contribution in [-0.2, 0) is 4.79 Å². The van der Waals surface area contributed by atoms with Crippen LogP contribution < -0.4 is 0 Å². The number of carbonyl (C=O) groups is 1. The monoisotopic (exact) mass is 155 g/mol. The van der Waals surface area contributed by atoms with Gasteiger partial charge in [0, 0.05) is 5.92 Å².